The van der Waals surface area contributed by atoms with Crippen LogP contribution in [0.15, 0.2) is 60.7 Å². The molecule has 1 saturated heterocycles. The molecule has 2 saturated carbocycles. The molecule has 3 fully saturated rings. The number of halogens is 2. The van der Waals surface area contributed by atoms with Crippen LogP contribution in [0.2, 0.25) is 12.1 Å². The molecule has 0 amide bonds. The molecule has 0 radical (unpaired) electrons. The minimum atomic E-state index is 0. The average molecular weight is 672 g/mol. The molecule has 0 nitrogen and oxygen atoms in total. The van der Waals surface area contributed by atoms with Gasteiger partial charge in [-0.1, -0.05) is 37.1 Å². The average Bonchev–Trinajstić information content (AvgIpc) is 3.68. The minimum absolute atomic E-state index is 0. The zero-order valence-corrected chi connectivity index (χ0v) is 26.4. The Bertz CT molecular complexity index is 1150. The quantitative estimate of drug-likeness (QED) is 0.227. The monoisotopic (exact) mass is 672 g/mol. The van der Waals surface area contributed by atoms with E-state index in [2.05, 4.69) is 74.5 Å². The van der Waals surface area contributed by atoms with E-state index < -0.39 is 0 Å². The molecule has 178 valence electrons. The van der Waals surface area contributed by atoms with Crippen LogP contribution in [0.1, 0.15) is 72.6 Å². The first-order valence-corrected chi connectivity index (χ1v) is 19.8. The predicted octanol–water partition coefficient (Wildman–Crippen LogP) is 2.82. The van der Waals surface area contributed by atoms with Gasteiger partial charge in [-0.3, -0.25) is 0 Å². The van der Waals surface area contributed by atoms with Gasteiger partial charge in [0.1, 0.15) is 0 Å². The Morgan fingerprint density at radius 1 is 0.706 bits per heavy atom. The van der Waals surface area contributed by atoms with E-state index in [1.165, 1.54) is 58.4 Å². The Morgan fingerprint density at radius 3 is 1.44 bits per heavy atom. The van der Waals surface area contributed by atoms with Gasteiger partial charge in [-0.05, 0) is 37.5 Å². The van der Waals surface area contributed by atoms with Gasteiger partial charge in [0.2, 0.25) is 0 Å². The van der Waals surface area contributed by atoms with Crippen molar-refractivity contribution in [2.45, 2.75) is 76.3 Å². The van der Waals surface area contributed by atoms with E-state index in [0.717, 1.165) is 11.8 Å². The van der Waals surface area contributed by atoms with Crippen LogP contribution in [0.3, 0.4) is 0 Å². The molecule has 7 rings (SSSR count). The van der Waals surface area contributed by atoms with Crippen LogP contribution in [-0.2, 0) is 23.0 Å². The summed E-state index contributed by atoms with van der Waals surface area (Å²) in [5.74, 6) is 1.73. The molecule has 34 heavy (non-hydrogen) atoms. The summed E-state index contributed by atoms with van der Waals surface area (Å²) in [4.78, 5) is 0. The summed E-state index contributed by atoms with van der Waals surface area (Å²) in [6, 6.07) is 25.9. The molecule has 0 atom stereocenters. The normalized spacial score (nSPS) is 16.8. The molecule has 4 aromatic rings. The fraction of sp³-hybridized carbons (Fsp3) is 0.400. The van der Waals surface area contributed by atoms with Gasteiger partial charge in [-0.15, -0.1) is 69.1 Å². The second-order valence-corrected chi connectivity index (χ2v) is 20.0. The molecular formula is C30H34Cl2HfSi-2. The van der Waals surface area contributed by atoms with Crippen molar-refractivity contribution < 1.29 is 47.8 Å². The van der Waals surface area contributed by atoms with Crippen LogP contribution in [-0.4, -0.2) is 5.49 Å². The van der Waals surface area contributed by atoms with Gasteiger partial charge in [-0.2, -0.15) is 12.1 Å². The third-order valence-corrected chi connectivity index (χ3v) is 14.4. The molecule has 0 bridgehead atoms. The van der Waals surface area contributed by atoms with Crippen LogP contribution in [0.5, 0.6) is 0 Å². The third kappa shape index (κ3) is 6.96. The molecule has 0 aromatic heterocycles. The molecule has 1 aliphatic heterocycles. The van der Waals surface area contributed by atoms with Crippen molar-refractivity contribution in [3.8, 4) is 0 Å². The zero-order chi connectivity index (χ0) is 22.1. The van der Waals surface area contributed by atoms with E-state index in [0.29, 0.717) is 5.49 Å². The third-order valence-electron chi connectivity index (χ3n) is 7.10. The van der Waals surface area contributed by atoms with Gasteiger partial charge in [-0.25, -0.2) is 0 Å². The van der Waals surface area contributed by atoms with Crippen LogP contribution in [0, 0.1) is 13.8 Å². The molecule has 0 N–H and O–H groups in total. The molecule has 0 spiro atoms. The SMILES string of the molecule is Cc1cc2c(C3CC3)cccc2[cH-]1.Cc1cc2c(C3CC3)cccc2[cH-]1.[Cl-].[Cl-].[Hf+2]=[Si]1CCCC1. The Labute approximate surface area is 232 Å². The standard InChI is InChI=1S/2C13H13.C4H8Si.2ClH.Hf/c2*1-9-7-11-3-2-4-12(10-5-6-10)13(11)8-9;1-2-4-5-3-1;;;/h2*2-4,7-8,10H,5-6H2,1H3;1-4H2;2*1H;/q2*-1;;;;+2/p-2. The zero-order valence-electron chi connectivity index (χ0n) is 20.3. The first kappa shape index (κ1) is 27.9. The maximum absolute atomic E-state index is 2.32. The number of hydrogen-bond acceptors (Lipinski definition) is 0. The molecule has 2 aliphatic carbocycles. The van der Waals surface area contributed by atoms with Crippen molar-refractivity contribution in [2.75, 3.05) is 0 Å². The first-order valence-electron chi connectivity index (χ1n) is 12.5. The molecular weight excluding hydrogens is 638 g/mol. The van der Waals surface area contributed by atoms with E-state index in [1.807, 2.05) is 0 Å². The Hall–Kier alpha value is -0.673. The summed E-state index contributed by atoms with van der Waals surface area (Å²) in [7, 11) is 0. The number of benzene rings is 2. The summed E-state index contributed by atoms with van der Waals surface area (Å²) in [5, 5.41) is 5.81. The van der Waals surface area contributed by atoms with E-state index in [-0.39, 0.29) is 24.8 Å². The summed E-state index contributed by atoms with van der Waals surface area (Å²) >= 11 is 1.55. The molecule has 0 unspecified atom stereocenters. The molecule has 1 heterocycles. The van der Waals surface area contributed by atoms with E-state index in [4.69, 9.17) is 0 Å². The fourth-order valence-corrected chi connectivity index (χ4v) is 10.5. The van der Waals surface area contributed by atoms with Crippen molar-refractivity contribution in [3.05, 3.63) is 82.9 Å². The van der Waals surface area contributed by atoms with Crippen molar-refractivity contribution in [2.24, 2.45) is 0 Å². The fourth-order valence-electron chi connectivity index (χ4n) is 5.12. The number of hydrogen-bond donors (Lipinski definition) is 0. The first-order chi connectivity index (χ1) is 15.6. The Kier molecular flexibility index (Phi) is 10.3. The van der Waals surface area contributed by atoms with Crippen LogP contribution < -0.4 is 24.8 Å². The van der Waals surface area contributed by atoms with Crippen molar-refractivity contribution in [3.63, 3.8) is 0 Å². The van der Waals surface area contributed by atoms with E-state index in [1.54, 1.807) is 59.1 Å². The van der Waals surface area contributed by atoms with Gasteiger partial charge < -0.3 is 24.8 Å². The molecule has 4 heteroatoms. The summed E-state index contributed by atoms with van der Waals surface area (Å²) in [6.07, 6.45) is 8.70. The Morgan fingerprint density at radius 2 is 1.12 bits per heavy atom. The topological polar surface area (TPSA) is 0 Å². The van der Waals surface area contributed by atoms with Crippen molar-refractivity contribution in [1.29, 1.82) is 0 Å². The van der Waals surface area contributed by atoms with Crippen LogP contribution >= 0.6 is 0 Å². The van der Waals surface area contributed by atoms with Crippen LogP contribution in [0.25, 0.3) is 21.5 Å². The maximum atomic E-state index is 2.32. The number of rotatable bonds is 2. The van der Waals surface area contributed by atoms with E-state index in [9.17, 15) is 0 Å². The second-order valence-electron chi connectivity index (χ2n) is 10.1. The summed E-state index contributed by atoms with van der Waals surface area (Å²) < 4.78 is 0. The van der Waals surface area contributed by atoms with Gasteiger partial charge >= 0.3 is 53.4 Å². The van der Waals surface area contributed by atoms with Gasteiger partial charge in [0.15, 0.2) is 0 Å². The van der Waals surface area contributed by atoms with Crippen molar-refractivity contribution in [1.82, 2.24) is 0 Å². The van der Waals surface area contributed by atoms with E-state index >= 15 is 0 Å². The van der Waals surface area contributed by atoms with Crippen molar-refractivity contribution >= 4 is 27.0 Å². The van der Waals surface area contributed by atoms with Crippen LogP contribution in [0.4, 0.5) is 0 Å². The second kappa shape index (κ2) is 12.5. The van der Waals surface area contributed by atoms with Gasteiger partial charge in [0, 0.05) is 0 Å². The number of aryl methyl sites for hydroxylation is 2. The summed E-state index contributed by atoms with van der Waals surface area (Å²) in [5.41, 5.74) is 6.31. The predicted molar refractivity (Wildman–Crippen MR) is 137 cm³/mol. The van der Waals surface area contributed by atoms with Gasteiger partial charge in [0.25, 0.3) is 0 Å². The van der Waals surface area contributed by atoms with Gasteiger partial charge in [0.05, 0.1) is 0 Å². The Balaban J connectivity index is 0.000000148. The summed E-state index contributed by atoms with van der Waals surface area (Å²) in [6.45, 7) is 4.35. The number of fused-ring (bicyclic) bond motifs is 2. The molecule has 4 aromatic carbocycles. The molecule has 3 aliphatic rings.